The van der Waals surface area contributed by atoms with Crippen LogP contribution in [0.1, 0.15) is 59.8 Å². The van der Waals surface area contributed by atoms with Gasteiger partial charge in [-0.1, -0.05) is 0 Å². The number of fused-ring (bicyclic) bond motifs is 1. The van der Waals surface area contributed by atoms with Gasteiger partial charge in [0, 0.05) is 30.3 Å². The van der Waals surface area contributed by atoms with Gasteiger partial charge in [0.2, 0.25) is 0 Å². The number of carbonyl (C=O) groups excluding carboxylic acids is 1. The molecule has 3 aromatic rings. The van der Waals surface area contributed by atoms with Gasteiger partial charge in [0.15, 0.2) is 5.65 Å². The van der Waals surface area contributed by atoms with Crippen LogP contribution in [0.25, 0.3) is 11.2 Å². The Morgan fingerprint density at radius 1 is 1.08 bits per heavy atom. The molecule has 0 spiro atoms. The first-order chi connectivity index (χ1) is 17.1. The zero-order valence-corrected chi connectivity index (χ0v) is 19.1. The fourth-order valence-corrected chi connectivity index (χ4v) is 6.16. The van der Waals surface area contributed by atoms with E-state index in [9.17, 15) is 27.9 Å². The van der Waals surface area contributed by atoms with Crippen molar-refractivity contribution in [1.29, 1.82) is 0 Å². The number of H-pyrrole nitrogens is 1. The average molecular weight is 500 g/mol. The van der Waals surface area contributed by atoms with Crippen LogP contribution in [-0.2, 0) is 10.2 Å². The number of likely N-dealkylation sites (tertiary alicyclic amines) is 1. The molecule has 4 aliphatic rings. The van der Waals surface area contributed by atoms with Crippen molar-refractivity contribution in [2.45, 2.75) is 49.8 Å². The molecule has 7 rings (SSSR count). The van der Waals surface area contributed by atoms with Gasteiger partial charge in [0.25, 0.3) is 5.91 Å². The number of rotatable bonds is 5. The van der Waals surface area contributed by atoms with Gasteiger partial charge in [-0.3, -0.25) is 9.59 Å². The van der Waals surface area contributed by atoms with Gasteiger partial charge in [-0.25, -0.2) is 9.97 Å². The molecule has 1 aliphatic heterocycles. The number of carboxylic acids is 1. The van der Waals surface area contributed by atoms with Crippen LogP contribution in [0.3, 0.4) is 0 Å². The highest BCUT2D eigenvalue weighted by Crippen LogP contribution is 2.73. The van der Waals surface area contributed by atoms with E-state index in [-0.39, 0.29) is 23.0 Å². The number of pyridine rings is 1. The van der Waals surface area contributed by atoms with Gasteiger partial charge in [0.1, 0.15) is 11.6 Å². The highest BCUT2D eigenvalue weighted by Gasteiger charge is 2.73. The first-order valence-corrected chi connectivity index (χ1v) is 11.8. The summed E-state index contributed by atoms with van der Waals surface area (Å²) < 4.78 is 41.0. The lowest BCUT2D eigenvalue weighted by atomic mass is 9.35. The summed E-state index contributed by atoms with van der Waals surface area (Å²) in [6.07, 6.45) is 0.214. The molecule has 2 N–H and O–H groups in total. The number of ether oxygens (including phenoxy) is 1. The zero-order chi connectivity index (χ0) is 25.3. The minimum absolute atomic E-state index is 0.188. The SMILES string of the molecule is O=C(c1ccc(OC(F)(F)F)cc1)N1CCC(c2ccnc3nc(C45CC(C(=O)O)(C4)C5)[nH]c23)CC1. The number of halogens is 3. The third-order valence-electron chi connectivity index (χ3n) is 7.97. The molecule has 4 fully saturated rings. The number of carbonyl (C=O) groups is 2. The first-order valence-electron chi connectivity index (χ1n) is 11.8. The molecule has 1 amide bonds. The maximum absolute atomic E-state index is 12.9. The molecule has 36 heavy (non-hydrogen) atoms. The van der Waals surface area contributed by atoms with Crippen molar-refractivity contribution in [2.24, 2.45) is 5.41 Å². The van der Waals surface area contributed by atoms with Crippen LogP contribution in [0.5, 0.6) is 5.75 Å². The topological polar surface area (TPSA) is 108 Å². The second-order valence-corrected chi connectivity index (χ2v) is 10.2. The van der Waals surface area contributed by atoms with Gasteiger partial charge in [-0.15, -0.1) is 13.2 Å². The van der Waals surface area contributed by atoms with E-state index in [0.717, 1.165) is 41.9 Å². The molecule has 0 unspecified atom stereocenters. The summed E-state index contributed by atoms with van der Waals surface area (Å²) in [6, 6.07) is 6.93. The van der Waals surface area contributed by atoms with E-state index < -0.39 is 17.7 Å². The van der Waals surface area contributed by atoms with Crippen molar-refractivity contribution in [3.05, 3.63) is 53.5 Å². The van der Waals surface area contributed by atoms with E-state index in [1.165, 1.54) is 12.1 Å². The van der Waals surface area contributed by atoms with E-state index >= 15 is 0 Å². The summed E-state index contributed by atoms with van der Waals surface area (Å²) in [5.41, 5.74) is 2.11. The summed E-state index contributed by atoms with van der Waals surface area (Å²) in [5, 5.41) is 9.41. The first kappa shape index (κ1) is 22.8. The molecule has 2 aromatic heterocycles. The fraction of sp³-hybridized carbons (Fsp3) is 0.440. The van der Waals surface area contributed by atoms with Gasteiger partial charge < -0.3 is 19.7 Å². The van der Waals surface area contributed by atoms with Gasteiger partial charge in [0.05, 0.1) is 10.9 Å². The Labute approximate surface area is 203 Å². The number of aliphatic carboxylic acids is 1. The van der Waals surface area contributed by atoms with Crippen molar-refractivity contribution in [2.75, 3.05) is 13.1 Å². The lowest BCUT2D eigenvalue weighted by molar-refractivity contribution is -0.274. The fourth-order valence-electron chi connectivity index (χ4n) is 6.16. The van der Waals surface area contributed by atoms with Crippen LogP contribution < -0.4 is 4.74 Å². The predicted molar refractivity (Wildman–Crippen MR) is 120 cm³/mol. The Kier molecular flexibility index (Phi) is 4.87. The predicted octanol–water partition coefficient (Wildman–Crippen LogP) is 4.38. The summed E-state index contributed by atoms with van der Waals surface area (Å²) in [6.45, 7) is 1.03. The van der Waals surface area contributed by atoms with Crippen LogP contribution in [0, 0.1) is 5.41 Å². The Morgan fingerprint density at radius 2 is 1.75 bits per heavy atom. The molecule has 0 atom stereocenters. The van der Waals surface area contributed by atoms with Crippen molar-refractivity contribution in [3.63, 3.8) is 0 Å². The van der Waals surface area contributed by atoms with E-state index in [0.29, 0.717) is 43.6 Å². The standard InChI is InChI=1S/C25H23F3N4O4/c26-25(27,28)36-16-3-1-15(2-4-16)20(33)32-9-6-14(7-10-32)17-5-8-29-19-18(17)30-21(31-19)23-11-24(12-23,13-23)22(34)35/h1-5,8,14H,6-7,9-13H2,(H,34,35)(H,29,30,31). The number of amides is 1. The van der Waals surface area contributed by atoms with Crippen LogP contribution in [0.4, 0.5) is 13.2 Å². The highest BCUT2D eigenvalue weighted by atomic mass is 19.4. The quantitative estimate of drug-likeness (QED) is 0.538. The lowest BCUT2D eigenvalue weighted by Crippen LogP contribution is -2.68. The van der Waals surface area contributed by atoms with Gasteiger partial charge >= 0.3 is 12.3 Å². The minimum atomic E-state index is -4.78. The van der Waals surface area contributed by atoms with Crippen LogP contribution in [0.2, 0.25) is 0 Å². The minimum Gasteiger partial charge on any atom is -0.481 e. The Morgan fingerprint density at radius 3 is 2.36 bits per heavy atom. The molecule has 0 radical (unpaired) electrons. The molecule has 3 heterocycles. The van der Waals surface area contributed by atoms with Crippen molar-refractivity contribution in [1.82, 2.24) is 19.9 Å². The third kappa shape index (κ3) is 3.59. The van der Waals surface area contributed by atoms with Crippen molar-refractivity contribution in [3.8, 4) is 5.75 Å². The second kappa shape index (κ2) is 7.68. The van der Waals surface area contributed by atoms with Crippen molar-refractivity contribution >= 4 is 23.0 Å². The largest absolute Gasteiger partial charge is 0.573 e. The maximum Gasteiger partial charge on any atom is 0.573 e. The molecule has 1 aromatic carbocycles. The molecule has 188 valence electrons. The number of benzene rings is 1. The molecule has 2 bridgehead atoms. The number of aromatic nitrogens is 3. The monoisotopic (exact) mass is 500 g/mol. The summed E-state index contributed by atoms with van der Waals surface area (Å²) in [7, 11) is 0. The van der Waals surface area contributed by atoms with E-state index in [2.05, 4.69) is 14.7 Å². The number of nitrogens with zero attached hydrogens (tertiary/aromatic N) is 3. The molecule has 3 aliphatic carbocycles. The second-order valence-electron chi connectivity index (χ2n) is 10.2. The molecule has 3 saturated carbocycles. The number of aromatic amines is 1. The normalized spacial score (nSPS) is 25.8. The molecule has 1 saturated heterocycles. The maximum atomic E-state index is 12.9. The number of piperidine rings is 1. The van der Waals surface area contributed by atoms with Crippen LogP contribution >= 0.6 is 0 Å². The number of nitrogens with one attached hydrogen (secondary N) is 1. The number of alkyl halides is 3. The summed E-state index contributed by atoms with van der Waals surface area (Å²) >= 11 is 0. The Balaban J connectivity index is 1.13. The van der Waals surface area contributed by atoms with E-state index in [1.54, 1.807) is 11.1 Å². The highest BCUT2D eigenvalue weighted by molar-refractivity contribution is 5.94. The van der Waals surface area contributed by atoms with Crippen LogP contribution in [-0.4, -0.2) is 56.3 Å². The van der Waals surface area contributed by atoms with Crippen LogP contribution in [0.15, 0.2) is 36.5 Å². The molecule has 8 nitrogen and oxygen atoms in total. The lowest BCUT2D eigenvalue weighted by Gasteiger charge is -2.66. The van der Waals surface area contributed by atoms with Crippen molar-refractivity contribution < 1.29 is 32.6 Å². The molecular formula is C25H23F3N4O4. The summed E-state index contributed by atoms with van der Waals surface area (Å²) in [4.78, 5) is 38.6. The van der Waals surface area contributed by atoms with E-state index in [1.807, 2.05) is 6.07 Å². The Bertz CT molecular complexity index is 1340. The third-order valence-corrected chi connectivity index (χ3v) is 7.97. The molecular weight excluding hydrogens is 477 g/mol. The van der Waals surface area contributed by atoms with E-state index in [4.69, 9.17) is 4.98 Å². The summed E-state index contributed by atoms with van der Waals surface area (Å²) in [5.74, 6) is -0.326. The zero-order valence-electron chi connectivity index (χ0n) is 19.1. The Hall–Kier alpha value is -3.63. The van der Waals surface area contributed by atoms with Gasteiger partial charge in [-0.05, 0) is 73.9 Å². The number of imidazole rings is 1. The molecule has 11 heteroatoms. The van der Waals surface area contributed by atoms with Gasteiger partial charge in [-0.2, -0.15) is 0 Å². The smallest absolute Gasteiger partial charge is 0.481 e. The average Bonchev–Trinajstić information content (AvgIpc) is 3.20. The number of hydrogen-bond donors (Lipinski definition) is 2. The number of carboxylic acid groups (broad SMARTS) is 1. The number of hydrogen-bond acceptors (Lipinski definition) is 5.